The van der Waals surface area contributed by atoms with Crippen molar-refractivity contribution in [2.45, 2.75) is 32.9 Å². The zero-order valence-electron chi connectivity index (χ0n) is 15.1. The van der Waals surface area contributed by atoms with E-state index in [2.05, 4.69) is 20.0 Å². The summed E-state index contributed by atoms with van der Waals surface area (Å²) in [6.45, 7) is 1.15. The number of halogens is 2. The lowest BCUT2D eigenvalue weighted by atomic mass is 10.0. The number of para-hydroxylation sites is 2. The second-order valence-corrected chi connectivity index (χ2v) is 6.63. The minimum Gasteiger partial charge on any atom is -0.435 e. The zero-order valence-corrected chi connectivity index (χ0v) is 15.1. The number of aromatic amines is 1. The van der Waals surface area contributed by atoms with Crippen LogP contribution in [-0.2, 0) is 11.2 Å². The first kappa shape index (κ1) is 18.8. The molecule has 2 N–H and O–H groups in total. The number of amides is 1. The van der Waals surface area contributed by atoms with Gasteiger partial charge in [-0.1, -0.05) is 38.1 Å². The maximum atomic E-state index is 12.5. The van der Waals surface area contributed by atoms with Gasteiger partial charge in [-0.25, -0.2) is 4.98 Å². The molecule has 1 heterocycles. The number of alkyl halides is 2. The van der Waals surface area contributed by atoms with Gasteiger partial charge in [-0.3, -0.25) is 4.79 Å². The minimum absolute atomic E-state index is 0.0662. The van der Waals surface area contributed by atoms with Crippen LogP contribution in [0.25, 0.3) is 11.0 Å². The smallest absolute Gasteiger partial charge is 0.387 e. The van der Waals surface area contributed by atoms with E-state index < -0.39 is 6.61 Å². The third kappa shape index (κ3) is 4.81. The predicted octanol–water partition coefficient (Wildman–Crippen LogP) is 4.22. The first-order valence-corrected chi connectivity index (χ1v) is 8.70. The first-order valence-electron chi connectivity index (χ1n) is 8.70. The topological polar surface area (TPSA) is 67.0 Å². The SMILES string of the molecule is CC(C)[C@@H](NC(=O)Cc1ccc(OC(F)F)cc1)c1nc2ccccc2[nH]1. The number of carbonyl (C=O) groups is 1. The highest BCUT2D eigenvalue weighted by Gasteiger charge is 2.22. The third-order valence-electron chi connectivity index (χ3n) is 4.20. The summed E-state index contributed by atoms with van der Waals surface area (Å²) >= 11 is 0. The van der Waals surface area contributed by atoms with Gasteiger partial charge >= 0.3 is 6.61 Å². The highest BCUT2D eigenvalue weighted by molar-refractivity contribution is 5.79. The van der Waals surface area contributed by atoms with Crippen molar-refractivity contribution in [1.82, 2.24) is 15.3 Å². The van der Waals surface area contributed by atoms with E-state index in [1.165, 1.54) is 12.1 Å². The highest BCUT2D eigenvalue weighted by Crippen LogP contribution is 2.22. The van der Waals surface area contributed by atoms with Crippen molar-refractivity contribution < 1.29 is 18.3 Å². The Kier molecular flexibility index (Phi) is 5.69. The number of rotatable bonds is 7. The van der Waals surface area contributed by atoms with Crippen molar-refractivity contribution in [3.8, 4) is 5.75 Å². The lowest BCUT2D eigenvalue weighted by Crippen LogP contribution is -2.33. The second kappa shape index (κ2) is 8.16. The molecule has 0 saturated carbocycles. The summed E-state index contributed by atoms with van der Waals surface area (Å²) in [4.78, 5) is 20.3. The van der Waals surface area contributed by atoms with Gasteiger partial charge in [0.05, 0.1) is 23.5 Å². The van der Waals surface area contributed by atoms with Crippen LogP contribution >= 0.6 is 0 Å². The van der Waals surface area contributed by atoms with E-state index in [1.807, 2.05) is 38.1 Å². The molecular weight excluding hydrogens is 352 g/mol. The van der Waals surface area contributed by atoms with Crippen molar-refractivity contribution in [3.63, 3.8) is 0 Å². The molecule has 7 heteroatoms. The van der Waals surface area contributed by atoms with E-state index in [-0.39, 0.29) is 30.0 Å². The van der Waals surface area contributed by atoms with Crippen molar-refractivity contribution in [2.75, 3.05) is 0 Å². The molecule has 27 heavy (non-hydrogen) atoms. The minimum atomic E-state index is -2.87. The van der Waals surface area contributed by atoms with Crippen LogP contribution in [0.3, 0.4) is 0 Å². The average molecular weight is 373 g/mol. The Labute approximate surface area is 155 Å². The molecule has 0 spiro atoms. The van der Waals surface area contributed by atoms with E-state index in [9.17, 15) is 13.6 Å². The summed E-state index contributed by atoms with van der Waals surface area (Å²) in [6.07, 6.45) is 0.137. The Morgan fingerprint density at radius 3 is 2.48 bits per heavy atom. The number of aromatic nitrogens is 2. The van der Waals surface area contributed by atoms with Gasteiger partial charge in [-0.15, -0.1) is 0 Å². The van der Waals surface area contributed by atoms with Gasteiger partial charge in [0.25, 0.3) is 0 Å². The molecule has 1 aromatic heterocycles. The molecule has 3 aromatic rings. The molecule has 142 valence electrons. The Morgan fingerprint density at radius 2 is 1.85 bits per heavy atom. The number of hydrogen-bond donors (Lipinski definition) is 2. The third-order valence-corrected chi connectivity index (χ3v) is 4.20. The summed E-state index contributed by atoms with van der Waals surface area (Å²) in [5, 5.41) is 3.01. The maximum absolute atomic E-state index is 12.5. The molecule has 1 amide bonds. The van der Waals surface area contributed by atoms with E-state index in [4.69, 9.17) is 0 Å². The van der Waals surface area contributed by atoms with Crippen LogP contribution in [-0.4, -0.2) is 22.5 Å². The maximum Gasteiger partial charge on any atom is 0.387 e. The highest BCUT2D eigenvalue weighted by atomic mass is 19.3. The van der Waals surface area contributed by atoms with Crippen LogP contribution in [0.1, 0.15) is 31.3 Å². The number of benzene rings is 2. The number of carbonyl (C=O) groups excluding carboxylic acids is 1. The Hall–Kier alpha value is -2.96. The van der Waals surface area contributed by atoms with E-state index in [0.717, 1.165) is 11.0 Å². The quantitative estimate of drug-likeness (QED) is 0.652. The van der Waals surface area contributed by atoms with E-state index in [1.54, 1.807) is 12.1 Å². The summed E-state index contributed by atoms with van der Waals surface area (Å²) in [7, 11) is 0. The molecule has 0 unspecified atom stereocenters. The van der Waals surface area contributed by atoms with Gasteiger partial charge in [0.1, 0.15) is 11.6 Å². The van der Waals surface area contributed by atoms with Crippen molar-refractivity contribution in [1.29, 1.82) is 0 Å². The van der Waals surface area contributed by atoms with Gasteiger partial charge in [-0.05, 0) is 35.7 Å². The largest absolute Gasteiger partial charge is 0.435 e. The Morgan fingerprint density at radius 1 is 1.15 bits per heavy atom. The molecule has 0 fully saturated rings. The van der Waals surface area contributed by atoms with Crippen molar-refractivity contribution in [2.24, 2.45) is 5.92 Å². The van der Waals surface area contributed by atoms with Crippen LogP contribution in [0, 0.1) is 5.92 Å². The van der Waals surface area contributed by atoms with Crippen molar-refractivity contribution in [3.05, 3.63) is 59.9 Å². The van der Waals surface area contributed by atoms with E-state index in [0.29, 0.717) is 11.4 Å². The van der Waals surface area contributed by atoms with Gasteiger partial charge < -0.3 is 15.0 Å². The van der Waals surface area contributed by atoms with Gasteiger partial charge in [0.15, 0.2) is 0 Å². The Bertz CT molecular complexity index is 874. The lowest BCUT2D eigenvalue weighted by molar-refractivity contribution is -0.121. The molecule has 0 radical (unpaired) electrons. The molecule has 1 atom stereocenters. The predicted molar refractivity (Wildman–Crippen MR) is 98.6 cm³/mol. The molecule has 0 bridgehead atoms. The number of H-pyrrole nitrogens is 1. The number of nitrogens with zero attached hydrogens (tertiary/aromatic N) is 1. The lowest BCUT2D eigenvalue weighted by Gasteiger charge is -2.20. The van der Waals surface area contributed by atoms with Crippen LogP contribution in [0.15, 0.2) is 48.5 Å². The van der Waals surface area contributed by atoms with Crippen LogP contribution in [0.5, 0.6) is 5.75 Å². The molecule has 3 rings (SSSR count). The standard InChI is InChI=1S/C20H21F2N3O2/c1-12(2)18(19-23-15-5-3-4-6-16(15)24-19)25-17(26)11-13-7-9-14(10-8-13)27-20(21)22/h3-10,12,18,20H,11H2,1-2H3,(H,23,24)(H,25,26)/t18-/m1/s1. The molecule has 0 aliphatic rings. The molecule has 0 aliphatic heterocycles. The Balaban J connectivity index is 1.68. The second-order valence-electron chi connectivity index (χ2n) is 6.63. The molecule has 2 aromatic carbocycles. The fourth-order valence-corrected chi connectivity index (χ4v) is 2.87. The first-order chi connectivity index (χ1) is 12.9. The number of fused-ring (bicyclic) bond motifs is 1. The van der Waals surface area contributed by atoms with Crippen LogP contribution in [0.2, 0.25) is 0 Å². The van der Waals surface area contributed by atoms with Gasteiger partial charge in [0, 0.05) is 0 Å². The number of hydrogen-bond acceptors (Lipinski definition) is 3. The fourth-order valence-electron chi connectivity index (χ4n) is 2.87. The monoisotopic (exact) mass is 373 g/mol. The number of imidazole rings is 1. The normalized spacial score (nSPS) is 12.5. The van der Waals surface area contributed by atoms with E-state index >= 15 is 0 Å². The summed E-state index contributed by atoms with van der Waals surface area (Å²) < 4.78 is 28.7. The molecular formula is C20H21F2N3O2. The van der Waals surface area contributed by atoms with Crippen molar-refractivity contribution >= 4 is 16.9 Å². The molecule has 5 nitrogen and oxygen atoms in total. The number of nitrogens with one attached hydrogen (secondary N) is 2. The summed E-state index contributed by atoms with van der Waals surface area (Å²) in [5.74, 6) is 0.740. The molecule has 0 aliphatic carbocycles. The summed E-state index contributed by atoms with van der Waals surface area (Å²) in [6, 6.07) is 13.5. The average Bonchev–Trinajstić information content (AvgIpc) is 3.04. The van der Waals surface area contributed by atoms with Crippen LogP contribution in [0.4, 0.5) is 8.78 Å². The fraction of sp³-hybridized carbons (Fsp3) is 0.300. The van der Waals surface area contributed by atoms with Gasteiger partial charge in [-0.2, -0.15) is 8.78 Å². The number of ether oxygens (including phenoxy) is 1. The summed E-state index contributed by atoms with van der Waals surface area (Å²) in [5.41, 5.74) is 2.48. The van der Waals surface area contributed by atoms with Gasteiger partial charge in [0.2, 0.25) is 5.91 Å². The molecule has 0 saturated heterocycles. The zero-order chi connectivity index (χ0) is 19.4. The van der Waals surface area contributed by atoms with Crippen LogP contribution < -0.4 is 10.1 Å².